The van der Waals surface area contributed by atoms with Gasteiger partial charge in [-0.25, -0.2) is 8.42 Å². The summed E-state index contributed by atoms with van der Waals surface area (Å²) in [7, 11) is -3.69. The van der Waals surface area contributed by atoms with E-state index in [0.717, 1.165) is 10.6 Å². The molecule has 0 saturated carbocycles. The largest absolute Gasteiger partial charge is 0.454 e. The van der Waals surface area contributed by atoms with Gasteiger partial charge in [-0.05, 0) is 43.3 Å². The van der Waals surface area contributed by atoms with Crippen LogP contribution >= 0.6 is 11.6 Å². The van der Waals surface area contributed by atoms with Crippen LogP contribution in [0.3, 0.4) is 0 Å². The lowest BCUT2D eigenvalue weighted by Crippen LogP contribution is -2.45. The molecule has 1 N–H and O–H groups in total. The van der Waals surface area contributed by atoms with Crippen LogP contribution in [0.4, 0.5) is 11.4 Å². The van der Waals surface area contributed by atoms with Crippen LogP contribution in [0, 0.1) is 0 Å². The quantitative estimate of drug-likeness (QED) is 0.839. The van der Waals surface area contributed by atoms with Crippen LogP contribution in [0.5, 0.6) is 11.5 Å². The summed E-state index contributed by atoms with van der Waals surface area (Å²) in [5, 5.41) is 3.17. The Kier molecular flexibility index (Phi) is 4.97. The summed E-state index contributed by atoms with van der Waals surface area (Å²) in [4.78, 5) is 12.6. The highest BCUT2D eigenvalue weighted by Crippen LogP contribution is 2.34. The minimum Gasteiger partial charge on any atom is -0.454 e. The van der Waals surface area contributed by atoms with Crippen molar-refractivity contribution in [2.45, 2.75) is 13.0 Å². The van der Waals surface area contributed by atoms with Gasteiger partial charge in [0.1, 0.15) is 6.04 Å². The molecule has 0 saturated heterocycles. The molecule has 0 aliphatic carbocycles. The number of hydrogen-bond donors (Lipinski definition) is 1. The summed E-state index contributed by atoms with van der Waals surface area (Å²) in [6.07, 6.45) is 1.05. The molecule has 0 radical (unpaired) electrons. The van der Waals surface area contributed by atoms with Crippen molar-refractivity contribution in [1.29, 1.82) is 0 Å². The first kappa shape index (κ1) is 18.3. The van der Waals surface area contributed by atoms with E-state index >= 15 is 0 Å². The summed E-state index contributed by atoms with van der Waals surface area (Å²) < 4.78 is 36.0. The highest BCUT2D eigenvalue weighted by Gasteiger charge is 2.29. The fourth-order valence-electron chi connectivity index (χ4n) is 2.62. The summed E-state index contributed by atoms with van der Waals surface area (Å²) >= 11 is 5.86. The molecule has 138 valence electrons. The van der Waals surface area contributed by atoms with Crippen LogP contribution in [0.25, 0.3) is 0 Å². The fraction of sp³-hybridized carbons (Fsp3) is 0.235. The molecular formula is C17H17ClN2O5S. The van der Waals surface area contributed by atoms with Crippen molar-refractivity contribution in [2.75, 3.05) is 22.7 Å². The maximum Gasteiger partial charge on any atom is 0.247 e. The standard InChI is InChI=1S/C17H17ClN2O5S/c1-11(20(26(2,22)23)14-6-3-12(18)4-7-14)17(21)19-13-5-8-15-16(9-13)25-10-24-15/h3-9,11H,10H2,1-2H3,(H,19,21)/t11-/m1/s1. The van der Waals surface area contributed by atoms with Crippen molar-refractivity contribution in [1.82, 2.24) is 0 Å². The summed E-state index contributed by atoms with van der Waals surface area (Å²) in [5.74, 6) is 0.632. The van der Waals surface area contributed by atoms with Gasteiger partial charge in [0, 0.05) is 16.8 Å². The molecule has 0 aromatic heterocycles. The molecule has 2 aromatic carbocycles. The second kappa shape index (κ2) is 7.05. The number of anilines is 2. The molecule has 26 heavy (non-hydrogen) atoms. The van der Waals surface area contributed by atoms with Crippen LogP contribution in [0.1, 0.15) is 6.92 Å². The van der Waals surface area contributed by atoms with E-state index in [2.05, 4.69) is 5.32 Å². The van der Waals surface area contributed by atoms with Gasteiger partial charge >= 0.3 is 0 Å². The molecule has 3 rings (SSSR count). The van der Waals surface area contributed by atoms with Crippen molar-refractivity contribution < 1.29 is 22.7 Å². The summed E-state index contributed by atoms with van der Waals surface area (Å²) in [6.45, 7) is 1.64. The molecule has 1 heterocycles. The number of ether oxygens (including phenoxy) is 2. The number of carbonyl (C=O) groups excluding carboxylic acids is 1. The van der Waals surface area contributed by atoms with Gasteiger partial charge in [-0.3, -0.25) is 9.10 Å². The molecule has 0 unspecified atom stereocenters. The van der Waals surface area contributed by atoms with Crippen LogP contribution in [0.15, 0.2) is 42.5 Å². The Morgan fingerprint density at radius 2 is 1.81 bits per heavy atom. The maximum atomic E-state index is 12.6. The van der Waals surface area contributed by atoms with Crippen molar-refractivity contribution in [2.24, 2.45) is 0 Å². The Balaban J connectivity index is 1.83. The molecule has 9 heteroatoms. The van der Waals surface area contributed by atoms with Crippen LogP contribution in [-0.4, -0.2) is 33.4 Å². The highest BCUT2D eigenvalue weighted by atomic mass is 35.5. The summed E-state index contributed by atoms with van der Waals surface area (Å²) in [5.41, 5.74) is 0.834. The van der Waals surface area contributed by atoms with Crippen molar-refractivity contribution in [3.05, 3.63) is 47.5 Å². The monoisotopic (exact) mass is 396 g/mol. The molecule has 0 spiro atoms. The first-order valence-corrected chi connectivity index (χ1v) is 9.94. The molecule has 1 atom stereocenters. The normalized spacial score (nSPS) is 14.0. The molecule has 0 bridgehead atoms. The number of hydrogen-bond acceptors (Lipinski definition) is 5. The van der Waals surface area contributed by atoms with E-state index in [0.29, 0.717) is 27.9 Å². The lowest BCUT2D eigenvalue weighted by Gasteiger charge is -2.28. The number of fused-ring (bicyclic) bond motifs is 1. The van der Waals surface area contributed by atoms with Crippen molar-refractivity contribution in [3.8, 4) is 11.5 Å². The van der Waals surface area contributed by atoms with E-state index in [1.54, 1.807) is 42.5 Å². The SMILES string of the molecule is C[C@H](C(=O)Nc1ccc2c(c1)OCO2)N(c1ccc(Cl)cc1)S(C)(=O)=O. The van der Waals surface area contributed by atoms with E-state index in [1.165, 1.54) is 6.92 Å². The fourth-order valence-corrected chi connectivity index (χ4v) is 3.92. The number of amides is 1. The van der Waals surface area contributed by atoms with E-state index in [9.17, 15) is 13.2 Å². The molecule has 1 aliphatic heterocycles. The summed E-state index contributed by atoms with van der Waals surface area (Å²) in [6, 6.07) is 10.2. The Morgan fingerprint density at radius 1 is 1.15 bits per heavy atom. The van der Waals surface area contributed by atoms with E-state index in [1.807, 2.05) is 0 Å². The highest BCUT2D eigenvalue weighted by molar-refractivity contribution is 7.92. The Morgan fingerprint density at radius 3 is 2.46 bits per heavy atom. The number of rotatable bonds is 5. The molecule has 1 amide bonds. The van der Waals surface area contributed by atoms with Gasteiger partial charge in [0.25, 0.3) is 0 Å². The van der Waals surface area contributed by atoms with Crippen molar-refractivity contribution in [3.63, 3.8) is 0 Å². The average Bonchev–Trinajstić information content (AvgIpc) is 3.03. The van der Waals surface area contributed by atoms with Gasteiger partial charge in [-0.15, -0.1) is 0 Å². The lowest BCUT2D eigenvalue weighted by molar-refractivity contribution is -0.116. The van der Waals surface area contributed by atoms with E-state index in [-0.39, 0.29) is 6.79 Å². The third kappa shape index (κ3) is 3.86. The van der Waals surface area contributed by atoms with Crippen LogP contribution in [0.2, 0.25) is 5.02 Å². The van der Waals surface area contributed by atoms with E-state index < -0.39 is 22.0 Å². The Hall–Kier alpha value is -2.45. The number of halogens is 1. The van der Waals surface area contributed by atoms with Gasteiger partial charge in [-0.2, -0.15) is 0 Å². The van der Waals surface area contributed by atoms with Gasteiger partial charge in [-0.1, -0.05) is 11.6 Å². The molecule has 1 aliphatic rings. The number of nitrogens with one attached hydrogen (secondary N) is 1. The predicted octanol–water partition coefficient (Wildman–Crippen LogP) is 2.86. The lowest BCUT2D eigenvalue weighted by atomic mass is 10.2. The first-order chi connectivity index (χ1) is 12.3. The smallest absolute Gasteiger partial charge is 0.247 e. The van der Waals surface area contributed by atoms with Gasteiger partial charge in [0.15, 0.2) is 11.5 Å². The molecule has 7 nitrogen and oxygen atoms in total. The van der Waals surface area contributed by atoms with Crippen molar-refractivity contribution >= 4 is 38.9 Å². The Labute approximate surface area is 156 Å². The predicted molar refractivity (Wildman–Crippen MR) is 99.4 cm³/mol. The number of nitrogens with zero attached hydrogens (tertiary/aromatic N) is 1. The average molecular weight is 397 g/mol. The maximum absolute atomic E-state index is 12.6. The van der Waals surface area contributed by atoms with Gasteiger partial charge < -0.3 is 14.8 Å². The Bertz CT molecular complexity index is 931. The second-order valence-electron chi connectivity index (χ2n) is 5.77. The number of benzene rings is 2. The molecule has 0 fully saturated rings. The van der Waals surface area contributed by atoms with Gasteiger partial charge in [0.05, 0.1) is 11.9 Å². The third-order valence-corrected chi connectivity index (χ3v) is 5.30. The van der Waals surface area contributed by atoms with Crippen LogP contribution < -0.4 is 19.1 Å². The second-order valence-corrected chi connectivity index (χ2v) is 8.06. The topological polar surface area (TPSA) is 84.9 Å². The zero-order valence-corrected chi connectivity index (χ0v) is 15.7. The van der Waals surface area contributed by atoms with E-state index in [4.69, 9.17) is 21.1 Å². The number of sulfonamides is 1. The minimum absolute atomic E-state index is 0.127. The third-order valence-electron chi connectivity index (χ3n) is 3.81. The molecule has 2 aromatic rings. The van der Waals surface area contributed by atoms with Crippen LogP contribution in [-0.2, 0) is 14.8 Å². The minimum atomic E-state index is -3.69. The first-order valence-electron chi connectivity index (χ1n) is 7.71. The van der Waals surface area contributed by atoms with Gasteiger partial charge in [0.2, 0.25) is 22.7 Å². The number of carbonyl (C=O) groups is 1. The zero-order chi connectivity index (χ0) is 18.9. The zero-order valence-electron chi connectivity index (χ0n) is 14.1. The molecular weight excluding hydrogens is 380 g/mol.